The zero-order chi connectivity index (χ0) is 36.3. The van der Waals surface area contributed by atoms with Gasteiger partial charge in [0.25, 0.3) is 5.91 Å². The Morgan fingerprint density at radius 2 is 1.67 bits per heavy atom. The Kier molecular flexibility index (Phi) is 14.4. The van der Waals surface area contributed by atoms with E-state index in [1.807, 2.05) is 71.9 Å². The topological polar surface area (TPSA) is 163 Å². The van der Waals surface area contributed by atoms with Crippen LogP contribution in [0.4, 0.5) is 4.79 Å². The predicted molar refractivity (Wildman–Crippen MR) is 186 cm³/mol. The van der Waals surface area contributed by atoms with Crippen molar-refractivity contribution in [3.05, 3.63) is 48.6 Å². The molecule has 12 nitrogen and oxygen atoms in total. The van der Waals surface area contributed by atoms with E-state index in [0.717, 1.165) is 24.8 Å². The van der Waals surface area contributed by atoms with Crippen molar-refractivity contribution in [3.8, 4) is 0 Å². The lowest BCUT2D eigenvalue weighted by Gasteiger charge is -2.38. The first-order valence-corrected chi connectivity index (χ1v) is 17.5. The number of rotatable bonds is 16. The number of carbonyl (C=O) groups is 6. The van der Waals surface area contributed by atoms with Gasteiger partial charge in [0.1, 0.15) is 24.7 Å². The first-order chi connectivity index (χ1) is 23.2. The first-order valence-electron chi connectivity index (χ1n) is 17.5. The summed E-state index contributed by atoms with van der Waals surface area (Å²) >= 11 is 0. The smallest absolute Gasteiger partial charge is 0.329 e. The zero-order valence-corrected chi connectivity index (χ0v) is 29.9. The molecule has 4 N–H and O–H groups in total. The minimum Gasteiger partial charge on any atom is -0.459 e. The Morgan fingerprint density at radius 1 is 1.00 bits per heavy atom. The molecule has 49 heavy (non-hydrogen) atoms. The van der Waals surface area contributed by atoms with Gasteiger partial charge in [-0.2, -0.15) is 0 Å². The van der Waals surface area contributed by atoms with Crippen LogP contribution in [0, 0.1) is 23.2 Å². The summed E-state index contributed by atoms with van der Waals surface area (Å²) in [5.41, 5.74) is 0.0612. The minimum absolute atomic E-state index is 0.0271. The minimum atomic E-state index is -1.06. The van der Waals surface area contributed by atoms with Crippen LogP contribution in [0.5, 0.6) is 0 Å². The van der Waals surface area contributed by atoms with Crippen LogP contribution in [0.3, 0.4) is 0 Å². The van der Waals surface area contributed by atoms with Gasteiger partial charge < -0.3 is 30.9 Å². The third-order valence-electron chi connectivity index (χ3n) is 9.47. The Labute approximate surface area is 290 Å². The number of hydrogen-bond acceptors (Lipinski definition) is 7. The van der Waals surface area contributed by atoms with Gasteiger partial charge in [-0.25, -0.2) is 9.59 Å². The molecule has 5 atom stereocenters. The molecule has 1 heterocycles. The molecule has 1 aromatic carbocycles. The van der Waals surface area contributed by atoms with Crippen LogP contribution >= 0.6 is 0 Å². The average Bonchev–Trinajstić information content (AvgIpc) is 3.49. The van der Waals surface area contributed by atoms with Gasteiger partial charge in [-0.15, -0.1) is 6.58 Å². The number of ketones is 1. The van der Waals surface area contributed by atoms with E-state index in [-0.39, 0.29) is 43.9 Å². The summed E-state index contributed by atoms with van der Waals surface area (Å²) in [6.07, 6.45) is 5.28. The van der Waals surface area contributed by atoms with E-state index in [9.17, 15) is 28.8 Å². The largest absolute Gasteiger partial charge is 0.459 e. The second kappa shape index (κ2) is 18.0. The molecule has 1 aliphatic heterocycles. The van der Waals surface area contributed by atoms with E-state index in [4.69, 9.17) is 4.74 Å². The highest BCUT2D eigenvalue weighted by Gasteiger charge is 2.48. The fourth-order valence-corrected chi connectivity index (χ4v) is 6.41. The molecule has 5 amide bonds. The van der Waals surface area contributed by atoms with E-state index < -0.39 is 65.1 Å². The lowest BCUT2D eigenvalue weighted by Crippen LogP contribution is -2.62. The number of nitrogens with zero attached hydrogens (tertiary/aromatic N) is 1. The fraction of sp³-hybridized carbons (Fsp3) is 0.622. The van der Waals surface area contributed by atoms with E-state index in [0.29, 0.717) is 12.8 Å². The SMILES string of the molecule is C=CCNC(=O)C(=O)C(CCC)NC(=O)[C@@H]1[C@@H](C(C)C)CCN1C(=O)[C@@H](NC(=O)N[C@H](C(=O)OCc1ccccc1)C1CCC1)C(C)(C)C. The highest BCUT2D eigenvalue weighted by molar-refractivity contribution is 6.38. The molecule has 270 valence electrons. The summed E-state index contributed by atoms with van der Waals surface area (Å²) in [4.78, 5) is 81.9. The summed E-state index contributed by atoms with van der Waals surface area (Å²) in [6.45, 7) is 15.3. The quantitative estimate of drug-likeness (QED) is 0.118. The molecule has 3 rings (SSSR count). The number of nitrogens with one attached hydrogen (secondary N) is 4. The molecular weight excluding hydrogens is 626 g/mol. The highest BCUT2D eigenvalue weighted by Crippen LogP contribution is 2.34. The van der Waals surface area contributed by atoms with Crippen molar-refractivity contribution in [1.82, 2.24) is 26.2 Å². The lowest BCUT2D eigenvalue weighted by molar-refractivity contribution is -0.149. The molecule has 0 spiro atoms. The molecule has 1 aliphatic carbocycles. The number of urea groups is 1. The first kappa shape index (κ1) is 39.2. The summed E-state index contributed by atoms with van der Waals surface area (Å²) in [5, 5.41) is 10.8. The number of benzene rings is 1. The van der Waals surface area contributed by atoms with Gasteiger partial charge in [-0.05, 0) is 54.4 Å². The van der Waals surface area contributed by atoms with Gasteiger partial charge in [0, 0.05) is 13.1 Å². The number of ether oxygens (including phenoxy) is 1. The summed E-state index contributed by atoms with van der Waals surface area (Å²) in [5.74, 6) is -3.33. The van der Waals surface area contributed by atoms with Crippen molar-refractivity contribution in [1.29, 1.82) is 0 Å². The van der Waals surface area contributed by atoms with E-state index in [1.165, 1.54) is 11.0 Å². The lowest BCUT2D eigenvalue weighted by atomic mass is 9.79. The van der Waals surface area contributed by atoms with Gasteiger partial charge in [0.2, 0.25) is 17.6 Å². The molecule has 0 bridgehead atoms. The van der Waals surface area contributed by atoms with Crippen LogP contribution in [0.25, 0.3) is 0 Å². The number of carbonyl (C=O) groups excluding carboxylic acids is 6. The molecule has 2 aliphatic rings. The summed E-state index contributed by atoms with van der Waals surface area (Å²) in [6, 6.07) is 4.71. The molecule has 0 aromatic heterocycles. The van der Waals surface area contributed by atoms with E-state index in [1.54, 1.807) is 0 Å². The van der Waals surface area contributed by atoms with Crippen molar-refractivity contribution in [2.24, 2.45) is 23.2 Å². The molecule has 1 saturated heterocycles. The molecule has 2 fully saturated rings. The van der Waals surface area contributed by atoms with E-state index >= 15 is 0 Å². The standard InChI is InChI=1S/C37H55N5O7/c1-8-14-27(30(43)33(45)38-20-9-2)39-32(44)29-26(23(3)4)19-21-42(29)34(46)31(37(5,6)7)41-36(48)40-28(25-17-13-18-25)35(47)49-22-24-15-11-10-12-16-24/h9-12,15-16,23,25-29,31H,2,8,13-14,17-22H2,1,3-7H3,(H,38,45)(H,39,44)(H2,40,41,48)/t26-,27?,28+,29+,31-/m1/s1. The van der Waals surface area contributed by atoms with Gasteiger partial charge in [0.15, 0.2) is 0 Å². The van der Waals surface area contributed by atoms with Crippen molar-refractivity contribution >= 4 is 35.5 Å². The normalized spacial score (nSPS) is 19.5. The van der Waals surface area contributed by atoms with Gasteiger partial charge in [-0.1, -0.05) is 90.8 Å². The van der Waals surface area contributed by atoms with Crippen molar-refractivity contribution in [2.75, 3.05) is 13.1 Å². The number of Topliss-reactive ketones (excluding diaryl/α,β-unsaturated/α-hetero) is 1. The Bertz CT molecular complexity index is 1340. The Morgan fingerprint density at radius 3 is 2.22 bits per heavy atom. The van der Waals surface area contributed by atoms with Gasteiger partial charge in [-0.3, -0.25) is 19.2 Å². The van der Waals surface area contributed by atoms with Crippen LogP contribution < -0.4 is 21.3 Å². The predicted octanol–water partition coefficient (Wildman–Crippen LogP) is 3.64. The number of amides is 5. The summed E-state index contributed by atoms with van der Waals surface area (Å²) in [7, 11) is 0. The monoisotopic (exact) mass is 681 g/mol. The number of hydrogen-bond donors (Lipinski definition) is 4. The van der Waals surface area contributed by atoms with Crippen LogP contribution in [0.2, 0.25) is 0 Å². The molecule has 12 heteroatoms. The van der Waals surface area contributed by atoms with Gasteiger partial charge >= 0.3 is 12.0 Å². The van der Waals surface area contributed by atoms with Crippen LogP contribution in [-0.4, -0.2) is 77.7 Å². The van der Waals surface area contributed by atoms with E-state index in [2.05, 4.69) is 27.8 Å². The molecule has 1 aromatic rings. The van der Waals surface area contributed by atoms with Crippen molar-refractivity contribution in [2.45, 2.75) is 111 Å². The maximum Gasteiger partial charge on any atom is 0.329 e. The maximum absolute atomic E-state index is 14.3. The number of likely N-dealkylation sites (tertiary alicyclic amines) is 1. The van der Waals surface area contributed by atoms with Crippen molar-refractivity contribution in [3.63, 3.8) is 0 Å². The van der Waals surface area contributed by atoms with Gasteiger partial charge in [0.05, 0.1) is 6.04 Å². The highest BCUT2D eigenvalue weighted by atomic mass is 16.5. The van der Waals surface area contributed by atoms with Crippen LogP contribution in [-0.2, 0) is 35.3 Å². The third kappa shape index (κ3) is 10.6. The molecule has 1 saturated carbocycles. The van der Waals surface area contributed by atoms with Crippen LogP contribution in [0.1, 0.15) is 85.6 Å². The third-order valence-corrected chi connectivity index (χ3v) is 9.47. The summed E-state index contributed by atoms with van der Waals surface area (Å²) < 4.78 is 5.57. The maximum atomic E-state index is 14.3. The van der Waals surface area contributed by atoms with Crippen molar-refractivity contribution < 1.29 is 33.5 Å². The Hall–Kier alpha value is -4.22. The Balaban J connectivity index is 1.78. The second-order valence-corrected chi connectivity index (χ2v) is 14.6. The zero-order valence-electron chi connectivity index (χ0n) is 29.9. The fourth-order valence-electron chi connectivity index (χ4n) is 6.41. The average molecular weight is 682 g/mol. The number of esters is 1. The van der Waals surface area contributed by atoms with Crippen LogP contribution in [0.15, 0.2) is 43.0 Å². The molecule has 0 radical (unpaired) electrons. The molecular formula is C37H55N5O7. The second-order valence-electron chi connectivity index (χ2n) is 14.6. The molecule has 1 unspecified atom stereocenters.